The largest absolute Gasteiger partial charge is 0.505 e. The molecule has 6 nitrogen and oxygen atoms in total. The van der Waals surface area contributed by atoms with Gasteiger partial charge in [-0.2, -0.15) is 0 Å². The molecular formula is C13H20FN4O2Si+. The Hall–Kier alpha value is -1.80. The van der Waals surface area contributed by atoms with Crippen molar-refractivity contribution in [2.75, 3.05) is 6.61 Å². The zero-order valence-corrected chi connectivity index (χ0v) is 13.4. The molecule has 114 valence electrons. The summed E-state index contributed by atoms with van der Waals surface area (Å²) in [4.78, 5) is 1.45. The van der Waals surface area contributed by atoms with Crippen LogP contribution in [0.1, 0.15) is 0 Å². The number of benzene rings is 1. The summed E-state index contributed by atoms with van der Waals surface area (Å²) in [5.74, 6) is -0.741. The van der Waals surface area contributed by atoms with Crippen LogP contribution in [0.5, 0.6) is 5.75 Å². The highest BCUT2D eigenvalue weighted by Gasteiger charge is 2.16. The van der Waals surface area contributed by atoms with Crippen LogP contribution in [0.4, 0.5) is 4.39 Å². The van der Waals surface area contributed by atoms with Crippen molar-refractivity contribution in [1.82, 2.24) is 15.4 Å². The Balaban J connectivity index is 1.93. The van der Waals surface area contributed by atoms with Gasteiger partial charge in [-0.25, -0.2) is 4.39 Å². The zero-order valence-electron chi connectivity index (χ0n) is 12.4. The van der Waals surface area contributed by atoms with Crippen molar-refractivity contribution in [2.45, 2.75) is 32.4 Å². The maximum Gasteiger partial charge on any atom is 0.338 e. The first-order valence-corrected chi connectivity index (χ1v) is 10.4. The molecular weight excluding hydrogens is 291 g/mol. The Kier molecular flexibility index (Phi) is 4.68. The Morgan fingerprint density at radius 3 is 2.81 bits per heavy atom. The molecule has 1 aromatic carbocycles. The maximum atomic E-state index is 13.3. The summed E-state index contributed by atoms with van der Waals surface area (Å²) < 4.78 is 18.8. The molecule has 0 aliphatic heterocycles. The fourth-order valence-electron chi connectivity index (χ4n) is 1.62. The number of halogens is 1. The van der Waals surface area contributed by atoms with E-state index in [1.807, 2.05) is 0 Å². The molecule has 1 aromatic heterocycles. The number of phenolic OH excluding ortho intramolecular Hbond substituents is 1. The molecule has 2 rings (SSSR count). The van der Waals surface area contributed by atoms with Crippen LogP contribution in [0.15, 0.2) is 18.2 Å². The van der Waals surface area contributed by atoms with E-state index in [0.717, 1.165) is 6.04 Å². The molecule has 0 aliphatic rings. The van der Waals surface area contributed by atoms with Gasteiger partial charge in [0.15, 0.2) is 11.6 Å². The number of nitrogens with zero attached hydrogens (tertiary/aromatic N) is 3. The van der Waals surface area contributed by atoms with E-state index >= 15 is 0 Å². The van der Waals surface area contributed by atoms with Gasteiger partial charge in [-0.1, -0.05) is 19.6 Å². The Morgan fingerprint density at radius 2 is 2.14 bits per heavy atom. The second-order valence-electron chi connectivity index (χ2n) is 6.05. The number of aromatic nitrogens is 4. The molecule has 0 unspecified atom stereocenters. The molecule has 0 atom stereocenters. The van der Waals surface area contributed by atoms with E-state index in [2.05, 4.69) is 35.1 Å². The fourth-order valence-corrected chi connectivity index (χ4v) is 2.38. The number of H-pyrrole nitrogens is 1. The highest BCUT2D eigenvalue weighted by Crippen LogP contribution is 2.21. The van der Waals surface area contributed by atoms with Crippen molar-refractivity contribution in [1.29, 1.82) is 0 Å². The van der Waals surface area contributed by atoms with E-state index in [0.29, 0.717) is 18.0 Å². The summed E-state index contributed by atoms with van der Waals surface area (Å²) in [5.41, 5.74) is 0.488. The summed E-state index contributed by atoms with van der Waals surface area (Å²) in [6, 6.07) is 5.10. The van der Waals surface area contributed by atoms with Gasteiger partial charge in [0.1, 0.15) is 0 Å². The van der Waals surface area contributed by atoms with Crippen LogP contribution in [0.3, 0.4) is 0 Å². The molecule has 0 fully saturated rings. The summed E-state index contributed by atoms with van der Waals surface area (Å²) in [7, 11) is -1.10. The van der Waals surface area contributed by atoms with Gasteiger partial charge in [-0.3, -0.25) is 0 Å². The molecule has 0 amide bonds. The van der Waals surface area contributed by atoms with Gasteiger partial charge in [-0.15, -0.1) is 0 Å². The van der Waals surface area contributed by atoms with Crippen LogP contribution in [0, 0.1) is 5.82 Å². The van der Waals surface area contributed by atoms with Crippen molar-refractivity contribution in [3.63, 3.8) is 0 Å². The Bertz CT molecular complexity index is 612. The average molecular weight is 311 g/mol. The maximum absolute atomic E-state index is 13.3. The van der Waals surface area contributed by atoms with Gasteiger partial charge in [-0.05, 0) is 39.4 Å². The number of hydrogen-bond acceptors (Lipinski definition) is 4. The quantitative estimate of drug-likeness (QED) is 0.485. The van der Waals surface area contributed by atoms with Crippen LogP contribution in [0.25, 0.3) is 11.4 Å². The third-order valence-electron chi connectivity index (χ3n) is 2.90. The van der Waals surface area contributed by atoms with Crippen LogP contribution in [-0.2, 0) is 11.5 Å². The molecule has 2 N–H and O–H groups in total. The van der Waals surface area contributed by atoms with Crippen LogP contribution >= 0.6 is 0 Å². The number of aromatic amines is 1. The second-order valence-corrected chi connectivity index (χ2v) is 11.7. The topological polar surface area (TPSA) is 74.9 Å². The summed E-state index contributed by atoms with van der Waals surface area (Å²) in [6.07, 6.45) is 0. The zero-order chi connectivity index (χ0) is 15.5. The molecule has 0 spiro atoms. The van der Waals surface area contributed by atoms with Crippen molar-refractivity contribution in [2.24, 2.45) is 0 Å². The number of tetrazole rings is 1. The van der Waals surface area contributed by atoms with E-state index in [-0.39, 0.29) is 6.73 Å². The highest BCUT2D eigenvalue weighted by atomic mass is 28.3. The number of aromatic hydroxyl groups is 1. The number of phenols is 1. The van der Waals surface area contributed by atoms with E-state index in [1.165, 1.54) is 16.9 Å². The number of hydrogen-bond donors (Lipinski definition) is 2. The number of ether oxygens (including phenoxy) is 1. The van der Waals surface area contributed by atoms with Gasteiger partial charge >= 0.3 is 5.82 Å². The number of nitrogens with one attached hydrogen (secondary N) is 1. The third-order valence-corrected chi connectivity index (χ3v) is 4.61. The first kappa shape index (κ1) is 15.6. The van der Waals surface area contributed by atoms with E-state index in [1.54, 1.807) is 6.07 Å². The summed E-state index contributed by atoms with van der Waals surface area (Å²) in [6.45, 7) is 7.82. The van der Waals surface area contributed by atoms with E-state index < -0.39 is 19.6 Å². The lowest BCUT2D eigenvalue weighted by atomic mass is 10.2. The molecule has 8 heteroatoms. The first-order valence-electron chi connectivity index (χ1n) is 6.74. The van der Waals surface area contributed by atoms with E-state index in [9.17, 15) is 4.39 Å². The van der Waals surface area contributed by atoms with E-state index in [4.69, 9.17) is 9.84 Å². The van der Waals surface area contributed by atoms with Gasteiger partial charge < -0.3 is 9.84 Å². The minimum Gasteiger partial charge on any atom is -0.505 e. The monoisotopic (exact) mass is 311 g/mol. The summed E-state index contributed by atoms with van der Waals surface area (Å²) >= 11 is 0. The van der Waals surface area contributed by atoms with Crippen LogP contribution in [0.2, 0.25) is 25.7 Å². The van der Waals surface area contributed by atoms with Gasteiger partial charge in [0.25, 0.3) is 0 Å². The first-order chi connectivity index (χ1) is 9.85. The lowest BCUT2D eigenvalue weighted by Crippen LogP contribution is -2.40. The Morgan fingerprint density at radius 1 is 1.38 bits per heavy atom. The molecule has 2 aromatic rings. The number of rotatable bonds is 6. The smallest absolute Gasteiger partial charge is 0.338 e. The molecule has 0 bridgehead atoms. The predicted octanol–water partition coefficient (Wildman–Crippen LogP) is 1.92. The standard InChI is InChI=1S/C13H19FN4O2Si/c1-21(2,3)7-6-20-9-18-16-13(15-17-18)10-4-5-12(19)11(14)8-10/h4-5,8H,6-7,9H2,1-3H3,(H,16,19)/p+1. The summed E-state index contributed by atoms with van der Waals surface area (Å²) in [5, 5.41) is 20.0. The average Bonchev–Trinajstić information content (AvgIpc) is 2.86. The third kappa shape index (κ3) is 4.61. The van der Waals surface area contributed by atoms with Crippen molar-refractivity contribution in [3.8, 4) is 17.1 Å². The fraction of sp³-hybridized carbons (Fsp3) is 0.462. The minimum atomic E-state index is -1.10. The molecule has 1 heterocycles. The highest BCUT2D eigenvalue weighted by molar-refractivity contribution is 6.76. The predicted molar refractivity (Wildman–Crippen MR) is 77.7 cm³/mol. The SMILES string of the molecule is C[Si](C)(C)CCOC[n+]1nc(-c2ccc(O)c(F)c2)n[nH]1. The molecule has 0 aliphatic carbocycles. The lowest BCUT2D eigenvalue weighted by molar-refractivity contribution is -0.832. The van der Waals surface area contributed by atoms with Crippen molar-refractivity contribution in [3.05, 3.63) is 24.0 Å². The Labute approximate surface area is 123 Å². The van der Waals surface area contributed by atoms with Gasteiger partial charge in [0.2, 0.25) is 6.73 Å². The van der Waals surface area contributed by atoms with Crippen LogP contribution in [-0.4, -0.2) is 35.2 Å². The van der Waals surface area contributed by atoms with Gasteiger partial charge in [0.05, 0.1) is 10.7 Å². The molecule has 0 saturated heterocycles. The molecule has 0 radical (unpaired) electrons. The minimum absolute atomic E-state index is 0.276. The second kappa shape index (κ2) is 6.31. The van der Waals surface area contributed by atoms with Crippen LogP contribution < -0.4 is 4.80 Å². The molecule has 21 heavy (non-hydrogen) atoms. The van der Waals surface area contributed by atoms with Crippen molar-refractivity contribution >= 4 is 8.07 Å². The lowest BCUT2D eigenvalue weighted by Gasteiger charge is -2.14. The normalized spacial score (nSPS) is 11.8. The van der Waals surface area contributed by atoms with Gasteiger partial charge in [0, 0.05) is 14.7 Å². The van der Waals surface area contributed by atoms with Crippen molar-refractivity contribution < 1.29 is 19.0 Å². The molecule has 0 saturated carbocycles.